The molecule has 0 N–H and O–H groups in total. The van der Waals surface area contributed by atoms with Gasteiger partial charge in [0, 0.05) is 19.0 Å². The van der Waals surface area contributed by atoms with Crippen molar-refractivity contribution in [2.45, 2.75) is 17.7 Å². The summed E-state index contributed by atoms with van der Waals surface area (Å²) in [7, 11) is -3.62. The van der Waals surface area contributed by atoms with Crippen molar-refractivity contribution in [2.24, 2.45) is 5.92 Å². The Hall–Kier alpha value is -1.42. The molecule has 0 atom stereocenters. The molecule has 1 fully saturated rings. The second-order valence-corrected chi connectivity index (χ2v) is 6.98. The Labute approximate surface area is 122 Å². The molecule has 0 spiro atoms. The van der Waals surface area contributed by atoms with Gasteiger partial charge in [-0.3, -0.25) is 0 Å². The van der Waals surface area contributed by atoms with E-state index in [4.69, 9.17) is 16.9 Å². The molecule has 0 unspecified atom stereocenters. The number of carbonyl (C=O) groups is 1. The molecular formula is C13H13ClN2O3S. The maximum Gasteiger partial charge on any atom is 0.243 e. The molecule has 1 aromatic rings. The van der Waals surface area contributed by atoms with Gasteiger partial charge in [-0.25, -0.2) is 8.42 Å². The van der Waals surface area contributed by atoms with Crippen LogP contribution in [0.1, 0.15) is 18.4 Å². The van der Waals surface area contributed by atoms with Gasteiger partial charge in [0.05, 0.1) is 15.5 Å². The van der Waals surface area contributed by atoms with Crippen molar-refractivity contribution in [1.29, 1.82) is 5.26 Å². The van der Waals surface area contributed by atoms with Gasteiger partial charge in [-0.15, -0.1) is 0 Å². The molecule has 0 aliphatic carbocycles. The fourth-order valence-corrected chi connectivity index (χ4v) is 3.93. The monoisotopic (exact) mass is 312 g/mol. The van der Waals surface area contributed by atoms with E-state index in [1.807, 2.05) is 6.07 Å². The Balaban J connectivity index is 2.25. The Bertz CT molecular complexity index is 659. The average molecular weight is 313 g/mol. The molecule has 1 aromatic carbocycles. The van der Waals surface area contributed by atoms with Gasteiger partial charge >= 0.3 is 0 Å². The standard InChI is InChI=1S/C13H13ClN2O3S/c14-13-7-12(2-1-11(13)8-15)20(18,19)16-5-3-10(9-17)4-6-16/h1-2,7,9-10H,3-6H2. The summed E-state index contributed by atoms with van der Waals surface area (Å²) < 4.78 is 26.2. The zero-order chi connectivity index (χ0) is 14.8. The lowest BCUT2D eigenvalue weighted by Gasteiger charge is -2.28. The van der Waals surface area contributed by atoms with Crippen LogP contribution in [0.3, 0.4) is 0 Å². The van der Waals surface area contributed by atoms with E-state index < -0.39 is 10.0 Å². The highest BCUT2D eigenvalue weighted by atomic mass is 35.5. The van der Waals surface area contributed by atoms with Crippen molar-refractivity contribution < 1.29 is 13.2 Å². The first kappa shape index (κ1) is 15.0. The van der Waals surface area contributed by atoms with Gasteiger partial charge in [0.1, 0.15) is 12.4 Å². The van der Waals surface area contributed by atoms with Crippen LogP contribution < -0.4 is 0 Å². The lowest BCUT2D eigenvalue weighted by molar-refractivity contribution is -0.112. The van der Waals surface area contributed by atoms with E-state index in [2.05, 4.69) is 0 Å². The quantitative estimate of drug-likeness (QED) is 0.797. The van der Waals surface area contributed by atoms with Gasteiger partial charge < -0.3 is 4.79 Å². The average Bonchev–Trinajstić information content (AvgIpc) is 2.47. The molecule has 0 saturated carbocycles. The van der Waals surface area contributed by atoms with Crippen LogP contribution in [0.15, 0.2) is 23.1 Å². The van der Waals surface area contributed by atoms with E-state index in [9.17, 15) is 13.2 Å². The van der Waals surface area contributed by atoms with Gasteiger partial charge in [-0.2, -0.15) is 9.57 Å². The normalized spacial score (nSPS) is 17.6. The van der Waals surface area contributed by atoms with Crippen molar-refractivity contribution >= 4 is 27.9 Å². The maximum atomic E-state index is 12.4. The van der Waals surface area contributed by atoms with Crippen molar-refractivity contribution in [1.82, 2.24) is 4.31 Å². The second-order valence-electron chi connectivity index (χ2n) is 4.63. The highest BCUT2D eigenvalue weighted by Gasteiger charge is 2.29. The number of halogens is 1. The molecule has 1 aliphatic rings. The van der Waals surface area contributed by atoms with Crippen LogP contribution in [0.25, 0.3) is 0 Å². The minimum absolute atomic E-state index is 0.0639. The Kier molecular flexibility index (Phi) is 4.43. The van der Waals surface area contributed by atoms with E-state index in [-0.39, 0.29) is 21.4 Å². The molecule has 2 rings (SSSR count). The third kappa shape index (κ3) is 2.85. The molecule has 1 heterocycles. The Morgan fingerprint density at radius 2 is 2.00 bits per heavy atom. The first-order valence-electron chi connectivity index (χ1n) is 6.14. The van der Waals surface area contributed by atoms with Crippen LogP contribution in [0.4, 0.5) is 0 Å². The highest BCUT2D eigenvalue weighted by Crippen LogP contribution is 2.26. The van der Waals surface area contributed by atoms with Gasteiger partial charge in [0.25, 0.3) is 0 Å². The number of nitriles is 1. The zero-order valence-electron chi connectivity index (χ0n) is 10.6. The molecule has 0 amide bonds. The zero-order valence-corrected chi connectivity index (χ0v) is 12.2. The predicted octanol–water partition coefficient (Wildman–Crippen LogP) is 1.81. The molecule has 5 nitrogen and oxygen atoms in total. The maximum absolute atomic E-state index is 12.4. The van der Waals surface area contributed by atoms with Crippen LogP contribution in [0, 0.1) is 17.2 Å². The van der Waals surface area contributed by atoms with Crippen LogP contribution in [-0.2, 0) is 14.8 Å². The second kappa shape index (κ2) is 5.92. The van der Waals surface area contributed by atoms with Gasteiger partial charge in [-0.1, -0.05) is 11.6 Å². The van der Waals surface area contributed by atoms with Gasteiger partial charge in [0.15, 0.2) is 0 Å². The van der Waals surface area contributed by atoms with Crippen LogP contribution in [0.5, 0.6) is 0 Å². The lowest BCUT2D eigenvalue weighted by atomic mass is 10.0. The largest absolute Gasteiger partial charge is 0.303 e. The van der Waals surface area contributed by atoms with Crippen LogP contribution >= 0.6 is 11.6 Å². The summed E-state index contributed by atoms with van der Waals surface area (Å²) in [6.45, 7) is 0.646. The number of hydrogen-bond donors (Lipinski definition) is 0. The molecule has 0 aromatic heterocycles. The predicted molar refractivity (Wildman–Crippen MR) is 73.7 cm³/mol. The topological polar surface area (TPSA) is 78.2 Å². The number of aldehydes is 1. The summed E-state index contributed by atoms with van der Waals surface area (Å²) in [5.41, 5.74) is 0.241. The van der Waals surface area contributed by atoms with Crippen molar-refractivity contribution in [3.05, 3.63) is 28.8 Å². The smallest absolute Gasteiger partial charge is 0.243 e. The van der Waals surface area contributed by atoms with Gasteiger partial charge in [0.2, 0.25) is 10.0 Å². The molecule has 106 valence electrons. The Morgan fingerprint density at radius 1 is 1.35 bits per heavy atom. The summed E-state index contributed by atoms with van der Waals surface area (Å²) in [5.74, 6) is -0.0639. The van der Waals surface area contributed by atoms with Gasteiger partial charge in [-0.05, 0) is 31.0 Å². The summed E-state index contributed by atoms with van der Waals surface area (Å²) in [6, 6.07) is 5.96. The number of hydrogen-bond acceptors (Lipinski definition) is 4. The number of benzene rings is 1. The van der Waals surface area contributed by atoms with Crippen LogP contribution in [-0.4, -0.2) is 32.1 Å². The number of rotatable bonds is 3. The first-order chi connectivity index (χ1) is 9.48. The van der Waals surface area contributed by atoms with E-state index in [0.717, 1.165) is 6.29 Å². The molecule has 0 bridgehead atoms. The number of sulfonamides is 1. The summed E-state index contributed by atoms with van der Waals surface area (Å²) in [6.07, 6.45) is 1.95. The Morgan fingerprint density at radius 3 is 2.50 bits per heavy atom. The molecular weight excluding hydrogens is 300 g/mol. The van der Waals surface area contributed by atoms with Crippen molar-refractivity contribution in [2.75, 3.05) is 13.1 Å². The van der Waals surface area contributed by atoms with Crippen molar-refractivity contribution in [3.63, 3.8) is 0 Å². The third-order valence-electron chi connectivity index (χ3n) is 3.39. The number of carbonyl (C=O) groups excluding carboxylic acids is 1. The number of nitrogens with zero attached hydrogens (tertiary/aromatic N) is 2. The van der Waals surface area contributed by atoms with E-state index in [0.29, 0.717) is 25.9 Å². The van der Waals surface area contributed by atoms with E-state index >= 15 is 0 Å². The molecule has 0 radical (unpaired) electrons. The molecule has 20 heavy (non-hydrogen) atoms. The molecule has 1 saturated heterocycles. The highest BCUT2D eigenvalue weighted by molar-refractivity contribution is 7.89. The SMILES string of the molecule is N#Cc1ccc(S(=O)(=O)N2CCC(C=O)CC2)cc1Cl. The minimum atomic E-state index is -3.62. The summed E-state index contributed by atoms with van der Waals surface area (Å²) in [4.78, 5) is 10.8. The molecule has 1 aliphatic heterocycles. The molecule has 7 heteroatoms. The van der Waals surface area contributed by atoms with E-state index in [1.54, 1.807) is 0 Å². The fourth-order valence-electron chi connectivity index (χ4n) is 2.15. The van der Waals surface area contributed by atoms with E-state index in [1.165, 1.54) is 22.5 Å². The number of piperidine rings is 1. The van der Waals surface area contributed by atoms with Crippen LogP contribution in [0.2, 0.25) is 5.02 Å². The minimum Gasteiger partial charge on any atom is -0.303 e. The summed E-state index contributed by atoms with van der Waals surface area (Å²) >= 11 is 5.87. The summed E-state index contributed by atoms with van der Waals surface area (Å²) in [5, 5.41) is 8.91. The van der Waals surface area contributed by atoms with Crippen molar-refractivity contribution in [3.8, 4) is 6.07 Å². The fraction of sp³-hybridized carbons (Fsp3) is 0.385. The third-order valence-corrected chi connectivity index (χ3v) is 5.60. The first-order valence-corrected chi connectivity index (χ1v) is 7.96. The lowest BCUT2D eigenvalue weighted by Crippen LogP contribution is -2.38.